The molecule has 152 valence electrons. The minimum Gasteiger partial charge on any atom is -0.334 e. The molecule has 4 rings (SSSR count). The summed E-state index contributed by atoms with van der Waals surface area (Å²) in [6, 6.07) is 15.8. The van der Waals surface area contributed by atoms with Crippen LogP contribution in [0.4, 0.5) is 10.1 Å². The first-order valence-electron chi connectivity index (χ1n) is 9.37. The zero-order chi connectivity index (χ0) is 21.1. The molecule has 0 fully saturated rings. The van der Waals surface area contributed by atoms with E-state index in [0.717, 1.165) is 17.7 Å². The quantitative estimate of drug-likeness (QED) is 0.416. The van der Waals surface area contributed by atoms with Crippen molar-refractivity contribution in [2.45, 2.75) is 19.9 Å². The molecule has 0 spiro atoms. The van der Waals surface area contributed by atoms with E-state index in [1.165, 1.54) is 6.07 Å². The van der Waals surface area contributed by atoms with Crippen LogP contribution in [-0.2, 0) is 17.8 Å². The van der Waals surface area contributed by atoms with Crippen LogP contribution in [0.5, 0.6) is 0 Å². The highest BCUT2D eigenvalue weighted by molar-refractivity contribution is 9.10. The molecule has 1 amide bonds. The Balaban J connectivity index is 1.53. The number of halogens is 2. The van der Waals surface area contributed by atoms with Crippen molar-refractivity contribution in [2.24, 2.45) is 0 Å². The van der Waals surface area contributed by atoms with Gasteiger partial charge in [-0.2, -0.15) is 4.98 Å². The Hall–Kier alpha value is -3.26. The van der Waals surface area contributed by atoms with Crippen molar-refractivity contribution in [3.8, 4) is 23.0 Å². The predicted octanol–water partition coefficient (Wildman–Crippen LogP) is 5.31. The van der Waals surface area contributed by atoms with E-state index in [9.17, 15) is 9.18 Å². The maximum Gasteiger partial charge on any atom is 0.274 e. The van der Waals surface area contributed by atoms with Gasteiger partial charge in [-0.05, 0) is 64.3 Å². The van der Waals surface area contributed by atoms with Gasteiger partial charge in [-0.15, -0.1) is 0 Å². The van der Waals surface area contributed by atoms with E-state index in [0.29, 0.717) is 21.6 Å². The fourth-order valence-corrected chi connectivity index (χ4v) is 3.50. The highest BCUT2D eigenvalue weighted by Gasteiger charge is 2.16. The first-order chi connectivity index (χ1) is 14.5. The summed E-state index contributed by atoms with van der Waals surface area (Å²) < 4.78 is 20.9. The van der Waals surface area contributed by atoms with E-state index in [-0.39, 0.29) is 24.2 Å². The van der Waals surface area contributed by atoms with Gasteiger partial charge in [0.05, 0.1) is 4.47 Å². The largest absolute Gasteiger partial charge is 0.334 e. The van der Waals surface area contributed by atoms with Crippen molar-refractivity contribution in [2.75, 3.05) is 5.32 Å². The summed E-state index contributed by atoms with van der Waals surface area (Å²) in [5, 5.41) is 6.93. The summed E-state index contributed by atoms with van der Waals surface area (Å²) in [6.45, 7) is 2.14. The number of carbonyl (C=O) groups excluding carboxylic acids is 1. The van der Waals surface area contributed by atoms with E-state index in [4.69, 9.17) is 4.52 Å². The number of amides is 1. The lowest BCUT2D eigenvalue weighted by molar-refractivity contribution is -0.116. The third-order valence-corrected chi connectivity index (χ3v) is 5.25. The normalized spacial score (nSPS) is 10.9. The van der Waals surface area contributed by atoms with Crippen molar-refractivity contribution < 1.29 is 13.7 Å². The number of hydrogen-bond acceptors (Lipinski definition) is 4. The second kappa shape index (κ2) is 8.62. The van der Waals surface area contributed by atoms with Crippen LogP contribution >= 0.6 is 15.9 Å². The summed E-state index contributed by atoms with van der Waals surface area (Å²) in [5.41, 5.74) is 3.12. The van der Waals surface area contributed by atoms with Crippen LogP contribution in [0.3, 0.4) is 0 Å². The molecule has 2 heterocycles. The van der Waals surface area contributed by atoms with Crippen LogP contribution < -0.4 is 5.32 Å². The summed E-state index contributed by atoms with van der Waals surface area (Å²) in [7, 11) is 0. The molecule has 0 unspecified atom stereocenters. The first-order valence-corrected chi connectivity index (χ1v) is 10.2. The Bertz CT molecular complexity index is 1200. The molecule has 0 bridgehead atoms. The van der Waals surface area contributed by atoms with Crippen molar-refractivity contribution in [3.63, 3.8) is 0 Å². The number of nitrogens with one attached hydrogen (secondary N) is 1. The van der Waals surface area contributed by atoms with Gasteiger partial charge in [0.1, 0.15) is 18.1 Å². The van der Waals surface area contributed by atoms with Crippen LogP contribution in [0.2, 0.25) is 0 Å². The molecule has 1 N–H and O–H groups in total. The van der Waals surface area contributed by atoms with Crippen molar-refractivity contribution in [3.05, 3.63) is 76.6 Å². The second-order valence-corrected chi connectivity index (χ2v) is 7.49. The SMILES string of the molecule is CCc1ccccc1NC(=O)Cn1cccc1-c1nc(-c2ccc(F)c(Br)c2)no1. The molecular formula is C22H18BrFN4O2. The molecule has 0 saturated carbocycles. The molecule has 0 aliphatic carbocycles. The van der Waals surface area contributed by atoms with Gasteiger partial charge in [0.25, 0.3) is 5.89 Å². The van der Waals surface area contributed by atoms with Crippen molar-refractivity contribution in [1.82, 2.24) is 14.7 Å². The molecule has 0 aliphatic heterocycles. The number of hydrogen-bond donors (Lipinski definition) is 1. The second-order valence-electron chi connectivity index (χ2n) is 6.63. The van der Waals surface area contributed by atoms with E-state index in [1.54, 1.807) is 35.0 Å². The van der Waals surface area contributed by atoms with Gasteiger partial charge in [0.2, 0.25) is 11.7 Å². The fraction of sp³-hybridized carbons (Fsp3) is 0.136. The summed E-state index contributed by atoms with van der Waals surface area (Å²) in [5.74, 6) is 0.0829. The van der Waals surface area contributed by atoms with Crippen LogP contribution in [-0.4, -0.2) is 20.6 Å². The number of carbonyl (C=O) groups is 1. The fourth-order valence-electron chi connectivity index (χ4n) is 3.12. The molecule has 8 heteroatoms. The van der Waals surface area contributed by atoms with Gasteiger partial charge in [0, 0.05) is 17.4 Å². The summed E-state index contributed by atoms with van der Waals surface area (Å²) in [6.07, 6.45) is 2.61. The van der Waals surface area contributed by atoms with Gasteiger partial charge >= 0.3 is 0 Å². The maximum absolute atomic E-state index is 13.5. The zero-order valence-corrected chi connectivity index (χ0v) is 17.7. The standard InChI is InChI=1S/C22H18BrFN4O2/c1-2-14-6-3-4-7-18(14)25-20(29)13-28-11-5-8-19(28)22-26-21(27-30-22)15-9-10-17(24)16(23)12-15/h3-12H,2,13H2,1H3,(H,25,29). The van der Waals surface area contributed by atoms with Crippen LogP contribution in [0.25, 0.3) is 23.0 Å². The van der Waals surface area contributed by atoms with Gasteiger partial charge in [-0.1, -0.05) is 30.3 Å². The molecule has 0 aliphatic rings. The molecule has 30 heavy (non-hydrogen) atoms. The summed E-state index contributed by atoms with van der Waals surface area (Å²) in [4.78, 5) is 17.0. The average molecular weight is 469 g/mol. The number of para-hydroxylation sites is 1. The Kier molecular flexibility index (Phi) is 5.76. The predicted molar refractivity (Wildman–Crippen MR) is 115 cm³/mol. The highest BCUT2D eigenvalue weighted by Crippen LogP contribution is 2.26. The number of benzene rings is 2. The van der Waals surface area contributed by atoms with Gasteiger partial charge in [-0.25, -0.2) is 4.39 Å². The minimum atomic E-state index is -0.369. The number of aromatic nitrogens is 3. The monoisotopic (exact) mass is 468 g/mol. The van der Waals surface area contributed by atoms with Gasteiger partial charge in [-0.3, -0.25) is 4.79 Å². The molecule has 4 aromatic rings. The number of anilines is 1. The minimum absolute atomic E-state index is 0.0974. The van der Waals surface area contributed by atoms with E-state index in [2.05, 4.69) is 31.4 Å². The van der Waals surface area contributed by atoms with Crippen LogP contribution in [0.15, 0.2) is 69.8 Å². The smallest absolute Gasteiger partial charge is 0.274 e. The molecule has 0 radical (unpaired) electrons. The zero-order valence-electron chi connectivity index (χ0n) is 16.1. The highest BCUT2D eigenvalue weighted by atomic mass is 79.9. The van der Waals surface area contributed by atoms with Crippen LogP contribution in [0, 0.1) is 5.82 Å². The molecule has 2 aromatic heterocycles. The topological polar surface area (TPSA) is 73.0 Å². The molecular weight excluding hydrogens is 451 g/mol. The maximum atomic E-state index is 13.5. The van der Waals surface area contributed by atoms with E-state index in [1.807, 2.05) is 31.2 Å². The lowest BCUT2D eigenvalue weighted by Crippen LogP contribution is -2.19. The number of nitrogens with zero attached hydrogens (tertiary/aromatic N) is 3. The molecule has 6 nitrogen and oxygen atoms in total. The first kappa shape index (κ1) is 20.0. The molecule has 0 saturated heterocycles. The van der Waals surface area contributed by atoms with Crippen molar-refractivity contribution in [1.29, 1.82) is 0 Å². The van der Waals surface area contributed by atoms with Crippen LogP contribution in [0.1, 0.15) is 12.5 Å². The Morgan fingerprint density at radius 1 is 1.20 bits per heavy atom. The third-order valence-electron chi connectivity index (χ3n) is 4.64. The van der Waals surface area contributed by atoms with E-state index < -0.39 is 0 Å². The Morgan fingerprint density at radius 3 is 2.83 bits per heavy atom. The molecule has 2 aromatic carbocycles. The van der Waals surface area contributed by atoms with Crippen molar-refractivity contribution >= 4 is 27.5 Å². The lowest BCUT2D eigenvalue weighted by atomic mass is 10.1. The Labute approximate surface area is 180 Å². The molecule has 0 atom stereocenters. The van der Waals surface area contributed by atoms with E-state index >= 15 is 0 Å². The van der Waals surface area contributed by atoms with Gasteiger partial charge < -0.3 is 14.4 Å². The number of aryl methyl sites for hydroxylation is 1. The van der Waals surface area contributed by atoms with Gasteiger partial charge in [0.15, 0.2) is 0 Å². The lowest BCUT2D eigenvalue weighted by Gasteiger charge is -2.11. The number of rotatable bonds is 6. The Morgan fingerprint density at radius 2 is 2.03 bits per heavy atom. The summed E-state index contributed by atoms with van der Waals surface area (Å²) >= 11 is 3.16. The average Bonchev–Trinajstić information content (AvgIpc) is 3.40. The third kappa shape index (κ3) is 4.18.